The van der Waals surface area contributed by atoms with Crippen molar-refractivity contribution in [3.05, 3.63) is 293 Å². The fourth-order valence-corrected chi connectivity index (χ4v) is 7.13. The molecule has 0 aliphatic carbocycles. The van der Waals surface area contributed by atoms with E-state index in [1.54, 1.807) is 63.2 Å². The van der Waals surface area contributed by atoms with Gasteiger partial charge in [-0.2, -0.15) is 10.2 Å². The molecule has 0 fully saturated rings. The average molecular weight is 1250 g/mol. The quantitative estimate of drug-likeness (QED) is 0.0625. The molecule has 0 N–H and O–H groups in total. The Morgan fingerprint density at radius 2 is 0.685 bits per heavy atom. The first-order valence-corrected chi connectivity index (χ1v) is 26.5. The van der Waals surface area contributed by atoms with Gasteiger partial charge in [-0.05, 0) is 214 Å². The van der Waals surface area contributed by atoms with Crippen LogP contribution in [0.5, 0.6) is 0 Å². The molecule has 1 heterocycles. The topological polar surface area (TPSA) is 512 Å². The maximum Gasteiger partial charge on any atom is 0.188 e. The van der Waals surface area contributed by atoms with Crippen LogP contribution >= 0.6 is 0 Å². The Morgan fingerprint density at radius 3 is 1.13 bits per heavy atom. The van der Waals surface area contributed by atoms with Gasteiger partial charge in [-0.1, -0.05) is 160 Å². The maximum absolute atomic E-state index is 13.2. The summed E-state index contributed by atoms with van der Waals surface area (Å²) in [4.78, 5) is 26.0. The normalized spacial score (nSPS) is 9.82. The predicted molar refractivity (Wildman–Crippen MR) is 349 cm³/mol. The summed E-state index contributed by atoms with van der Waals surface area (Å²) in [5.41, 5.74) is 93.7. The van der Waals surface area contributed by atoms with Crippen LogP contribution in [0, 0.1) is 86.7 Å². The number of hydrogen-bond donors (Lipinski definition) is 0. The Kier molecular flexibility index (Phi) is 35.1. The summed E-state index contributed by atoms with van der Waals surface area (Å²) >= 11 is 0. The molecule has 7 aromatic rings. The first-order chi connectivity index (χ1) is 43.9. The van der Waals surface area contributed by atoms with Crippen LogP contribution in [-0.4, -0.2) is 5.66 Å². The molecule has 0 saturated heterocycles. The zero-order valence-electron chi connectivity index (χ0n) is 51.8. The number of halogens is 3. The van der Waals surface area contributed by atoms with Crippen LogP contribution in [0.2, 0.25) is 0 Å². The minimum atomic E-state index is -0.842. The predicted octanol–water partition coefficient (Wildman–Crippen LogP) is 26.7. The van der Waals surface area contributed by atoms with Gasteiger partial charge < -0.3 is 0 Å². The maximum atomic E-state index is 13.2. The van der Waals surface area contributed by atoms with Gasteiger partial charge in [-0.15, -0.1) is 0 Å². The largest absolute Gasteiger partial charge is 0.206 e. The highest BCUT2D eigenvalue weighted by Crippen LogP contribution is 2.34. The first kappa shape index (κ1) is 77.0. The summed E-state index contributed by atoms with van der Waals surface area (Å²) in [6, 6.07) is 32.3. The minimum Gasteiger partial charge on any atom is -0.206 e. The van der Waals surface area contributed by atoms with E-state index in [0.29, 0.717) is 50.8 Å². The van der Waals surface area contributed by atoms with Crippen molar-refractivity contribution >= 4 is 56.9 Å². The van der Waals surface area contributed by atoms with E-state index in [1.165, 1.54) is 24.1 Å². The van der Waals surface area contributed by atoms with Crippen LogP contribution < -0.4 is 0 Å². The molecule has 92 heavy (non-hydrogen) atoms. The molecule has 8 rings (SSSR count). The van der Waals surface area contributed by atoms with Gasteiger partial charge >= 0.3 is 0 Å². The molecule has 0 bridgehead atoms. The van der Waals surface area contributed by atoms with E-state index < -0.39 is 23.1 Å². The summed E-state index contributed by atoms with van der Waals surface area (Å²) in [5, 5.41) is 41.2. The van der Waals surface area contributed by atoms with Crippen LogP contribution in [0.3, 0.4) is 0 Å². The molecule has 0 aromatic heterocycles. The van der Waals surface area contributed by atoms with Gasteiger partial charge in [0.15, 0.2) is 5.66 Å². The summed E-state index contributed by atoms with van der Waals surface area (Å²) in [6.07, 6.45) is 2.30. The first-order valence-electron chi connectivity index (χ1n) is 26.5. The molecular weight excluding hydrogens is 1190 g/mol. The van der Waals surface area contributed by atoms with E-state index in [0.717, 1.165) is 57.6 Å². The van der Waals surface area contributed by atoms with E-state index >= 15 is 0 Å². The van der Waals surface area contributed by atoms with Crippen LogP contribution in [0.1, 0.15) is 82.3 Å². The fourth-order valence-electron chi connectivity index (χ4n) is 7.13. The van der Waals surface area contributed by atoms with E-state index in [-0.39, 0.29) is 17.0 Å². The lowest BCUT2D eigenvalue weighted by Crippen LogP contribution is -2.00. The van der Waals surface area contributed by atoms with Gasteiger partial charge in [0, 0.05) is 88.9 Å². The zero-order valence-corrected chi connectivity index (χ0v) is 51.8. The molecule has 7 aromatic carbocycles. The number of nitrogens with zero attached hydrogens (tertiary/aromatic N) is 32. The highest BCUT2D eigenvalue weighted by atomic mass is 19.1. The standard InChI is InChI=1S/C8H8N6.2C8H9N3.C7H5F2N3.C7H5FN6.C7H6N6.C7H7N3.C5H10N2/c1-5-3-7(11-13-9)6(2)8(4-5)12-14-10;1-6-3-4-8(10-11-9)7(2)5-6;1-6-4-3-5-7(2)8(6)10-11-9;1-4-2-5(8)7(11-12-10)6(9)3-4;1-4-2-5(8)7(12-14-10)6(3-4)11-13-9;1-5-2-3-6(10-12-8)7(4-5)11-13-9;1-6-2-4-7(5-3-6)9-10-8;1-3-4-5(2)6-7-5/h3-4H,1-2H3;2*3-5H,1-2H3;2-3H,1H3;2-3H,1H3;2-4H,1H3;2-5H,1H3;3-4H2,1-2H3. The molecule has 468 valence electrons. The third-order valence-corrected chi connectivity index (χ3v) is 11.5. The number of rotatable bonds is 12. The monoisotopic (exact) mass is 1250 g/mol. The fraction of sp³-hybridized carbons (Fsp3) is 0.263. The third kappa shape index (κ3) is 28.9. The Balaban J connectivity index is 0.000000529. The second-order valence-corrected chi connectivity index (χ2v) is 19.0. The zero-order chi connectivity index (χ0) is 69.2. The van der Waals surface area contributed by atoms with Crippen molar-refractivity contribution in [3.8, 4) is 0 Å². The van der Waals surface area contributed by atoms with E-state index in [2.05, 4.69) is 124 Å². The Labute approximate surface area is 524 Å². The van der Waals surface area contributed by atoms with Crippen molar-refractivity contribution < 1.29 is 13.2 Å². The summed E-state index contributed by atoms with van der Waals surface area (Å²) in [6.45, 7) is 22.6. The Hall–Kier alpha value is -13.0. The van der Waals surface area contributed by atoms with E-state index in [1.807, 2.05) is 97.0 Å². The molecule has 0 spiro atoms. The highest BCUT2D eigenvalue weighted by Gasteiger charge is 2.31. The molecule has 32 nitrogen and oxygen atoms in total. The van der Waals surface area contributed by atoms with Crippen molar-refractivity contribution in [1.29, 1.82) is 0 Å². The molecule has 35 heteroatoms. The third-order valence-electron chi connectivity index (χ3n) is 11.5. The van der Waals surface area contributed by atoms with Crippen LogP contribution in [0.25, 0.3) is 104 Å². The smallest absolute Gasteiger partial charge is 0.188 e. The van der Waals surface area contributed by atoms with Gasteiger partial charge in [-0.25, -0.2) is 13.2 Å². The van der Waals surface area contributed by atoms with E-state index in [9.17, 15) is 13.2 Å². The molecule has 1 aliphatic rings. The molecule has 0 radical (unpaired) electrons. The van der Waals surface area contributed by atoms with Crippen molar-refractivity contribution in [1.82, 2.24) is 0 Å². The van der Waals surface area contributed by atoms with Gasteiger partial charge in [0.25, 0.3) is 0 Å². The number of azide groups is 10. The van der Waals surface area contributed by atoms with Crippen LogP contribution in [-0.2, 0) is 0 Å². The highest BCUT2D eigenvalue weighted by molar-refractivity contribution is 5.64. The van der Waals surface area contributed by atoms with Crippen molar-refractivity contribution in [3.63, 3.8) is 0 Å². The van der Waals surface area contributed by atoms with Crippen molar-refractivity contribution in [2.45, 2.75) is 102 Å². The van der Waals surface area contributed by atoms with Gasteiger partial charge in [-0.3, -0.25) is 0 Å². The van der Waals surface area contributed by atoms with Gasteiger partial charge in [0.05, 0.1) is 11.4 Å². The number of aryl methyl sites for hydroxylation is 9. The van der Waals surface area contributed by atoms with Gasteiger partial charge in [0.1, 0.15) is 23.1 Å². The molecule has 1 aliphatic heterocycles. The Bertz CT molecular complexity index is 4170. The number of benzene rings is 7. The Morgan fingerprint density at radius 1 is 0.337 bits per heavy atom. The second-order valence-electron chi connectivity index (χ2n) is 19.0. The SMILES string of the molecule is CCCC1(C)N=N1.Cc1cc(F)c(N=[N+]=[N-])c(F)c1.Cc1cc(F)c(N=[N+]=[N-])c(N=[N+]=[N-])c1.Cc1cc(N=[N+]=[N-])c(C)c(N=[N+]=[N-])c1.Cc1ccc(N=[N+]=[N-])c(C)c1.Cc1ccc(N=[N+]=[N-])c(N=[N+]=[N-])c1.Cc1ccc(N=[N+]=[N-])cc1.Cc1cccc(C)c1N=[N+]=[N-]. The number of hydrogen-bond acceptors (Lipinski definition) is 12. The lowest BCUT2D eigenvalue weighted by Gasteiger charge is -2.04. The van der Waals surface area contributed by atoms with Crippen LogP contribution in [0.4, 0.5) is 70.0 Å². The van der Waals surface area contributed by atoms with Gasteiger partial charge in [0.2, 0.25) is 0 Å². The summed E-state index contributed by atoms with van der Waals surface area (Å²) in [7, 11) is 0. The average Bonchev–Trinajstić information content (AvgIpc) is 3.09. The summed E-state index contributed by atoms with van der Waals surface area (Å²) in [5.74, 6) is -2.39. The lowest BCUT2D eigenvalue weighted by molar-refractivity contribution is 0.585. The lowest BCUT2D eigenvalue weighted by atomic mass is 10.1. The molecule has 0 atom stereocenters. The van der Waals surface area contributed by atoms with E-state index in [4.69, 9.17) is 55.3 Å². The molecule has 0 amide bonds. The second kappa shape index (κ2) is 42.0. The summed E-state index contributed by atoms with van der Waals surface area (Å²) < 4.78 is 38.8. The molecule has 0 unspecified atom stereocenters. The van der Waals surface area contributed by atoms with Crippen LogP contribution in [0.15, 0.2) is 177 Å². The van der Waals surface area contributed by atoms with Crippen molar-refractivity contribution in [2.24, 2.45) is 61.4 Å². The van der Waals surface area contributed by atoms with Crippen molar-refractivity contribution in [2.75, 3.05) is 0 Å². The molecule has 0 saturated carbocycles. The molecular formula is C57H59F3N32. The minimum absolute atomic E-state index is 0.0113.